The summed E-state index contributed by atoms with van der Waals surface area (Å²) >= 11 is 0. The summed E-state index contributed by atoms with van der Waals surface area (Å²) in [7, 11) is 2.17. The van der Waals surface area contributed by atoms with Crippen molar-refractivity contribution in [3.05, 3.63) is 10.5 Å². The van der Waals surface area contributed by atoms with Gasteiger partial charge in [0.05, 0.1) is 6.10 Å². The van der Waals surface area contributed by atoms with Gasteiger partial charge < -0.3 is 25.3 Å². The topological polar surface area (TPSA) is 105 Å². The summed E-state index contributed by atoms with van der Waals surface area (Å²) in [6.45, 7) is 10.4. The number of H-pyrrole nitrogens is 1. The third-order valence-corrected chi connectivity index (χ3v) is 5.58. The van der Waals surface area contributed by atoms with Crippen LogP contribution in [-0.4, -0.2) is 75.2 Å². The molecule has 1 fully saturated rings. The van der Waals surface area contributed by atoms with Crippen molar-refractivity contribution in [3.63, 3.8) is 0 Å². The summed E-state index contributed by atoms with van der Waals surface area (Å²) in [6.07, 6.45) is 5.07. The zero-order valence-corrected chi connectivity index (χ0v) is 18.0. The maximum absolute atomic E-state index is 12.4. The lowest BCUT2D eigenvalue weighted by Gasteiger charge is -2.32. The van der Waals surface area contributed by atoms with Gasteiger partial charge in [0.25, 0.3) is 0 Å². The lowest BCUT2D eigenvalue weighted by atomic mass is 10.2. The number of imidazole rings is 1. The standard InChI is InChI=1S/C20H35N7O2/c1-4-8-15(2)29-19-23-17(21)16-18(24-19)27(20(28)22-16)10-7-5-6-9-26-13-11-25(3)12-14-26/h15H,4-14H2,1-3H3,(H,22,28)(H2,21,23,24). The predicted octanol–water partition coefficient (Wildman–Crippen LogP) is 1.69. The van der Waals surface area contributed by atoms with Crippen molar-refractivity contribution in [2.24, 2.45) is 0 Å². The fourth-order valence-corrected chi connectivity index (χ4v) is 3.79. The number of fused-ring (bicyclic) bond motifs is 1. The third kappa shape index (κ3) is 5.70. The number of nitrogens with two attached hydrogens (primary N) is 1. The number of hydrogen-bond acceptors (Lipinski definition) is 7. The number of anilines is 1. The van der Waals surface area contributed by atoms with E-state index in [0.29, 0.717) is 17.7 Å². The monoisotopic (exact) mass is 405 g/mol. The van der Waals surface area contributed by atoms with Crippen molar-refractivity contribution in [3.8, 4) is 6.01 Å². The third-order valence-electron chi connectivity index (χ3n) is 5.58. The van der Waals surface area contributed by atoms with E-state index < -0.39 is 0 Å². The molecule has 3 rings (SSSR count). The number of nitrogens with one attached hydrogen (secondary N) is 1. The van der Waals surface area contributed by atoms with Gasteiger partial charge in [-0.25, -0.2) is 4.79 Å². The number of piperazine rings is 1. The Bertz CT molecular complexity index is 839. The number of aryl methyl sites for hydroxylation is 1. The van der Waals surface area contributed by atoms with Gasteiger partial charge in [0, 0.05) is 32.7 Å². The first kappa shape index (κ1) is 21.6. The summed E-state index contributed by atoms with van der Waals surface area (Å²) < 4.78 is 7.44. The van der Waals surface area contributed by atoms with Gasteiger partial charge >= 0.3 is 11.7 Å². The van der Waals surface area contributed by atoms with Gasteiger partial charge in [0.2, 0.25) is 0 Å². The van der Waals surface area contributed by atoms with Gasteiger partial charge in [0.15, 0.2) is 11.5 Å². The second-order valence-corrected chi connectivity index (χ2v) is 8.09. The highest BCUT2D eigenvalue weighted by molar-refractivity contribution is 5.81. The molecule has 1 atom stereocenters. The van der Waals surface area contributed by atoms with Crippen molar-refractivity contribution in [1.29, 1.82) is 0 Å². The van der Waals surface area contributed by atoms with Gasteiger partial charge in [-0.1, -0.05) is 19.8 Å². The number of nitrogens with zero attached hydrogens (tertiary/aromatic N) is 5. The number of nitrogen functional groups attached to an aromatic ring is 1. The zero-order valence-electron chi connectivity index (χ0n) is 18.0. The van der Waals surface area contributed by atoms with E-state index in [4.69, 9.17) is 10.5 Å². The van der Waals surface area contributed by atoms with Crippen molar-refractivity contribution in [1.82, 2.24) is 29.3 Å². The largest absolute Gasteiger partial charge is 0.460 e. The van der Waals surface area contributed by atoms with Crippen LogP contribution >= 0.6 is 0 Å². The maximum Gasteiger partial charge on any atom is 0.327 e. The van der Waals surface area contributed by atoms with Crippen molar-refractivity contribution >= 4 is 17.0 Å². The van der Waals surface area contributed by atoms with Gasteiger partial charge in [-0.3, -0.25) is 4.57 Å². The molecule has 9 nitrogen and oxygen atoms in total. The number of hydrogen-bond donors (Lipinski definition) is 2. The van der Waals surface area contributed by atoms with E-state index >= 15 is 0 Å². The Kier molecular flexibility index (Phi) is 7.49. The number of likely N-dealkylation sites (N-methyl/N-ethyl adjacent to an activating group) is 1. The Hall–Kier alpha value is -2.13. The van der Waals surface area contributed by atoms with Crippen LogP contribution in [-0.2, 0) is 6.54 Å². The number of aromatic nitrogens is 4. The van der Waals surface area contributed by atoms with Gasteiger partial charge in [-0.2, -0.15) is 9.97 Å². The van der Waals surface area contributed by atoms with Crippen LogP contribution in [0.1, 0.15) is 46.0 Å². The molecule has 1 saturated heterocycles. The molecule has 0 aliphatic carbocycles. The molecule has 0 aromatic carbocycles. The summed E-state index contributed by atoms with van der Waals surface area (Å²) in [4.78, 5) is 28.7. The predicted molar refractivity (Wildman–Crippen MR) is 115 cm³/mol. The summed E-state index contributed by atoms with van der Waals surface area (Å²) in [6, 6.07) is 0.235. The Labute approximate surface area is 172 Å². The van der Waals surface area contributed by atoms with Crippen LogP contribution in [0.3, 0.4) is 0 Å². The van der Waals surface area contributed by atoms with Gasteiger partial charge in [-0.15, -0.1) is 0 Å². The molecule has 0 radical (unpaired) electrons. The van der Waals surface area contributed by atoms with E-state index in [-0.39, 0.29) is 23.6 Å². The highest BCUT2D eigenvalue weighted by atomic mass is 16.5. The van der Waals surface area contributed by atoms with E-state index in [9.17, 15) is 4.79 Å². The Morgan fingerprint density at radius 3 is 2.59 bits per heavy atom. The molecule has 1 aliphatic rings. The average molecular weight is 406 g/mol. The minimum atomic E-state index is -0.196. The zero-order chi connectivity index (χ0) is 20.8. The molecule has 2 aromatic rings. The highest BCUT2D eigenvalue weighted by Gasteiger charge is 2.16. The molecule has 162 valence electrons. The quantitative estimate of drug-likeness (QED) is 0.580. The molecule has 1 unspecified atom stereocenters. The van der Waals surface area contributed by atoms with Gasteiger partial charge in [-0.05, 0) is 39.8 Å². The lowest BCUT2D eigenvalue weighted by Crippen LogP contribution is -2.44. The summed E-state index contributed by atoms with van der Waals surface area (Å²) in [5.74, 6) is 0.250. The molecule has 1 aliphatic heterocycles. The Morgan fingerprint density at radius 1 is 1.14 bits per heavy atom. The smallest absolute Gasteiger partial charge is 0.327 e. The summed E-state index contributed by atoms with van der Waals surface area (Å²) in [5, 5.41) is 0. The normalized spacial score (nSPS) is 17.1. The van der Waals surface area contributed by atoms with Gasteiger partial charge in [0.1, 0.15) is 5.52 Å². The number of unbranched alkanes of at least 4 members (excludes halogenated alkanes) is 2. The molecule has 3 N–H and O–H groups in total. The van der Waals surface area contributed by atoms with Crippen LogP contribution in [0, 0.1) is 0 Å². The van der Waals surface area contributed by atoms with Crippen LogP contribution in [0.5, 0.6) is 6.01 Å². The van der Waals surface area contributed by atoms with Crippen molar-refractivity contribution in [2.75, 3.05) is 45.5 Å². The van der Waals surface area contributed by atoms with Crippen LogP contribution in [0.25, 0.3) is 11.2 Å². The first-order valence-corrected chi connectivity index (χ1v) is 10.8. The SMILES string of the molecule is CCCC(C)Oc1nc(N)c2[nH]c(=O)n(CCCCCN3CCN(C)CC3)c2n1. The average Bonchev–Trinajstić information content (AvgIpc) is 2.99. The molecule has 2 aromatic heterocycles. The molecular formula is C20H35N7O2. The fourth-order valence-electron chi connectivity index (χ4n) is 3.79. The number of rotatable bonds is 10. The van der Waals surface area contributed by atoms with E-state index in [1.807, 2.05) is 6.92 Å². The second-order valence-electron chi connectivity index (χ2n) is 8.09. The highest BCUT2D eigenvalue weighted by Crippen LogP contribution is 2.19. The minimum absolute atomic E-state index is 0.00513. The first-order valence-electron chi connectivity index (χ1n) is 10.8. The van der Waals surface area contributed by atoms with Crippen LogP contribution in [0.15, 0.2) is 4.79 Å². The van der Waals surface area contributed by atoms with Crippen molar-refractivity contribution in [2.45, 2.75) is 58.6 Å². The maximum atomic E-state index is 12.4. The Morgan fingerprint density at radius 2 is 1.86 bits per heavy atom. The van der Waals surface area contributed by atoms with Crippen LogP contribution < -0.4 is 16.2 Å². The van der Waals surface area contributed by atoms with E-state index in [1.165, 1.54) is 0 Å². The summed E-state index contributed by atoms with van der Waals surface area (Å²) in [5.41, 5.74) is 6.86. The van der Waals surface area contributed by atoms with E-state index in [0.717, 1.165) is 64.8 Å². The number of ether oxygens (including phenoxy) is 1. The molecule has 0 amide bonds. The van der Waals surface area contributed by atoms with E-state index in [1.54, 1.807) is 4.57 Å². The second kappa shape index (κ2) is 10.1. The molecule has 0 saturated carbocycles. The molecular weight excluding hydrogens is 370 g/mol. The lowest BCUT2D eigenvalue weighted by molar-refractivity contribution is 0.152. The molecule has 9 heteroatoms. The molecule has 0 bridgehead atoms. The van der Waals surface area contributed by atoms with Crippen molar-refractivity contribution < 1.29 is 4.74 Å². The van der Waals surface area contributed by atoms with Crippen LogP contribution in [0.4, 0.5) is 5.82 Å². The first-order chi connectivity index (χ1) is 14.0. The molecule has 0 spiro atoms. The number of aromatic amines is 1. The minimum Gasteiger partial charge on any atom is -0.460 e. The van der Waals surface area contributed by atoms with E-state index in [2.05, 4.69) is 38.7 Å². The molecule has 3 heterocycles. The fraction of sp³-hybridized carbons (Fsp3) is 0.750. The van der Waals surface area contributed by atoms with Crippen LogP contribution in [0.2, 0.25) is 0 Å². The Balaban J connectivity index is 1.57. The molecule has 29 heavy (non-hydrogen) atoms.